The molecule has 0 radical (unpaired) electrons. The van der Waals surface area contributed by atoms with Gasteiger partial charge < -0.3 is 18.8 Å². The molecule has 3 aromatic heterocycles. The largest absolute Gasteiger partial charge is 0.509 e. The fourth-order valence-electron chi connectivity index (χ4n) is 11.8. The SMILES string of the molecule is [2H]C(C)(C)c1ccnc(-n2c3[c-]c(Oc4[c-]c(N5[CH-]n6c7c(-c8cc(-c9cc(C(C)(C)C)cc(C(C)(C)C)c9)cc(C(C)(C)C)c8)cccc7c7ccccc7c7ccccc7c7cccc5c76)ccc4)ccc3c3ccccc32)c1.[Pt]. The number of pyridine rings is 1. The molecular formula is C75H67N4OPt-3. The van der Waals surface area contributed by atoms with Crippen LogP contribution < -0.4 is 9.64 Å². The van der Waals surface area contributed by atoms with Crippen LogP contribution in [0.2, 0.25) is 0 Å². The summed E-state index contributed by atoms with van der Waals surface area (Å²) in [6.45, 7) is 27.0. The Morgan fingerprint density at radius 2 is 1.02 bits per heavy atom. The molecule has 0 N–H and O–H groups in total. The number of para-hydroxylation sites is 3. The van der Waals surface area contributed by atoms with E-state index in [1.807, 2.05) is 50.2 Å². The van der Waals surface area contributed by atoms with Gasteiger partial charge >= 0.3 is 0 Å². The average molecular weight is 1240 g/mol. The monoisotopic (exact) mass is 1240 g/mol. The number of hydrogen-bond donors (Lipinski definition) is 0. The molecule has 9 aromatic carbocycles. The fraction of sp³-hybridized carbons (Fsp3) is 0.200. The molecule has 6 heteroatoms. The molecule has 0 bridgehead atoms. The van der Waals surface area contributed by atoms with E-state index in [0.29, 0.717) is 11.5 Å². The molecule has 0 aliphatic carbocycles. The molecule has 12 aromatic rings. The first-order valence-corrected chi connectivity index (χ1v) is 28.0. The van der Waals surface area contributed by atoms with E-state index < -0.39 is 5.89 Å². The molecule has 4 heterocycles. The first kappa shape index (κ1) is 52.3. The second-order valence-electron chi connectivity index (χ2n) is 25.0. The molecule has 0 amide bonds. The van der Waals surface area contributed by atoms with Gasteiger partial charge in [0, 0.05) is 51.3 Å². The summed E-state index contributed by atoms with van der Waals surface area (Å²) in [5, 5.41) is 9.10. The third kappa shape index (κ3) is 9.54. The van der Waals surface area contributed by atoms with E-state index in [1.165, 1.54) is 44.0 Å². The van der Waals surface area contributed by atoms with Crippen molar-refractivity contribution in [1.29, 1.82) is 0 Å². The second-order valence-corrected chi connectivity index (χ2v) is 25.0. The minimum Gasteiger partial charge on any atom is -0.509 e. The van der Waals surface area contributed by atoms with Gasteiger partial charge in [-0.25, -0.2) is 4.98 Å². The van der Waals surface area contributed by atoms with Gasteiger partial charge in [-0.15, -0.1) is 35.7 Å². The predicted octanol–water partition coefficient (Wildman–Crippen LogP) is 20.6. The van der Waals surface area contributed by atoms with Crippen molar-refractivity contribution in [3.05, 3.63) is 235 Å². The maximum absolute atomic E-state index is 8.82. The number of anilines is 2. The average Bonchev–Trinajstić information content (AvgIpc) is 3.26. The number of hydrogen-bond acceptors (Lipinski definition) is 3. The Labute approximate surface area is 492 Å². The van der Waals surface area contributed by atoms with E-state index in [2.05, 4.69) is 247 Å². The third-order valence-corrected chi connectivity index (χ3v) is 16.2. The fourth-order valence-corrected chi connectivity index (χ4v) is 11.8. The molecule has 0 spiro atoms. The zero-order chi connectivity index (χ0) is 56.3. The summed E-state index contributed by atoms with van der Waals surface area (Å²) in [5.74, 6) is 1.05. The van der Waals surface area contributed by atoms with Crippen LogP contribution >= 0.6 is 0 Å². The predicted molar refractivity (Wildman–Crippen MR) is 338 cm³/mol. The number of ether oxygens (including phenoxy) is 1. The molecule has 1 aliphatic heterocycles. The summed E-state index contributed by atoms with van der Waals surface area (Å²) >= 11 is 0. The van der Waals surface area contributed by atoms with Crippen molar-refractivity contribution < 1.29 is 27.2 Å². The van der Waals surface area contributed by atoms with Gasteiger partial charge in [-0.2, -0.15) is 12.1 Å². The Hall–Kier alpha value is -8.11. The smallest absolute Gasteiger partial charge is 0.135 e. The Kier molecular flexibility index (Phi) is 13.0. The quantitative estimate of drug-likeness (QED) is 0.149. The third-order valence-electron chi connectivity index (χ3n) is 16.2. The molecule has 5 nitrogen and oxygen atoms in total. The van der Waals surface area contributed by atoms with Crippen molar-refractivity contribution in [2.75, 3.05) is 4.90 Å². The minimum absolute atomic E-state index is 0. The molecular weight excluding hydrogens is 1170 g/mol. The Morgan fingerprint density at radius 1 is 0.494 bits per heavy atom. The normalized spacial score (nSPS) is 13.0. The molecule has 0 saturated heterocycles. The van der Waals surface area contributed by atoms with E-state index >= 15 is 0 Å². The summed E-state index contributed by atoms with van der Waals surface area (Å²) in [5.41, 5.74) is 15.2. The van der Waals surface area contributed by atoms with Gasteiger partial charge in [-0.3, -0.25) is 0 Å². The first-order chi connectivity index (χ1) is 38.7. The van der Waals surface area contributed by atoms with Crippen LogP contribution in [0.1, 0.15) is 106 Å². The van der Waals surface area contributed by atoms with Gasteiger partial charge in [0.2, 0.25) is 0 Å². The Balaban J connectivity index is 0.00000665. The summed E-state index contributed by atoms with van der Waals surface area (Å²) in [7, 11) is 0. The van der Waals surface area contributed by atoms with Crippen LogP contribution in [0.15, 0.2) is 194 Å². The van der Waals surface area contributed by atoms with Crippen molar-refractivity contribution in [2.24, 2.45) is 0 Å². The zero-order valence-electron chi connectivity index (χ0n) is 49.1. The van der Waals surface area contributed by atoms with Gasteiger partial charge in [0.1, 0.15) is 5.82 Å². The molecule has 81 heavy (non-hydrogen) atoms. The summed E-state index contributed by atoms with van der Waals surface area (Å²) in [6.07, 6.45) is 1.79. The molecule has 13 rings (SSSR count). The maximum Gasteiger partial charge on any atom is 0.135 e. The van der Waals surface area contributed by atoms with Crippen LogP contribution in [0.3, 0.4) is 0 Å². The zero-order valence-corrected chi connectivity index (χ0v) is 50.3. The Bertz CT molecular complexity index is 4560. The van der Waals surface area contributed by atoms with Gasteiger partial charge in [0.15, 0.2) is 0 Å². The summed E-state index contributed by atoms with van der Waals surface area (Å²) in [6, 6.07) is 75.7. The van der Waals surface area contributed by atoms with Crippen molar-refractivity contribution in [3.8, 4) is 39.6 Å². The molecule has 0 saturated carbocycles. The number of aromatic nitrogens is 3. The van der Waals surface area contributed by atoms with Crippen LogP contribution in [0.5, 0.6) is 11.5 Å². The number of nitrogens with zero attached hydrogens (tertiary/aromatic N) is 4. The van der Waals surface area contributed by atoms with E-state index in [0.717, 1.165) is 82.9 Å². The number of fused-ring (bicyclic) bond motifs is 10. The van der Waals surface area contributed by atoms with Crippen LogP contribution in [0.25, 0.3) is 93.2 Å². The van der Waals surface area contributed by atoms with Gasteiger partial charge in [-0.05, 0) is 152 Å². The van der Waals surface area contributed by atoms with Gasteiger partial charge in [0.05, 0.1) is 0 Å². The van der Waals surface area contributed by atoms with Gasteiger partial charge in [-0.1, -0.05) is 215 Å². The van der Waals surface area contributed by atoms with Crippen molar-refractivity contribution in [1.82, 2.24) is 14.1 Å². The second kappa shape index (κ2) is 20.2. The van der Waals surface area contributed by atoms with Crippen molar-refractivity contribution in [2.45, 2.75) is 98.3 Å². The standard InChI is InChI=1S/C75H67N4O.Pt/c1-47(2)48-35-36-76-70(42-48)79-67-31-17-16-27-63(67)64-34-33-57(45-69(64)79)80-56-22-18-21-55(44-56)77-46-78-71-58(51-37-49(38-52(41-51)73(3,4)5)50-39-53(74(6,7)8)43-54(40-50)75(9,10)11)28-19-29-65(71)61-25-14-12-23-59(61)60-24-13-15-26-62(60)66-30-20-32-68(77)72(66)78;/h12-43,46-47H,1-11H3;/q-3;/i47D;. The Morgan fingerprint density at radius 3 is 1.67 bits per heavy atom. The molecule has 406 valence electrons. The van der Waals surface area contributed by atoms with Crippen LogP contribution in [0, 0.1) is 18.8 Å². The summed E-state index contributed by atoms with van der Waals surface area (Å²) < 4.78 is 20.2. The van der Waals surface area contributed by atoms with E-state index in [-0.39, 0.29) is 37.3 Å². The minimum atomic E-state index is -0.795. The topological polar surface area (TPSA) is 35.2 Å². The van der Waals surface area contributed by atoms with Crippen LogP contribution in [-0.2, 0) is 37.3 Å². The first-order valence-electron chi connectivity index (χ1n) is 28.5. The molecule has 0 atom stereocenters. The van der Waals surface area contributed by atoms with E-state index in [9.17, 15) is 0 Å². The maximum atomic E-state index is 8.82. The summed E-state index contributed by atoms with van der Waals surface area (Å²) in [4.78, 5) is 7.10. The molecule has 1 aliphatic rings. The van der Waals surface area contributed by atoms with Crippen molar-refractivity contribution in [3.63, 3.8) is 0 Å². The van der Waals surface area contributed by atoms with E-state index in [1.54, 1.807) is 6.20 Å². The van der Waals surface area contributed by atoms with Crippen molar-refractivity contribution >= 4 is 76.5 Å². The van der Waals surface area contributed by atoms with Gasteiger partial charge in [0.25, 0.3) is 0 Å². The van der Waals surface area contributed by atoms with Crippen LogP contribution in [-0.4, -0.2) is 14.1 Å². The van der Waals surface area contributed by atoms with Crippen LogP contribution in [0.4, 0.5) is 11.4 Å². The number of rotatable bonds is 7. The molecule has 0 unspecified atom stereocenters. The van der Waals surface area contributed by atoms with E-state index in [4.69, 9.17) is 11.1 Å². The molecule has 0 fully saturated rings. The number of benzene rings is 9.